The summed E-state index contributed by atoms with van der Waals surface area (Å²) in [4.78, 5) is 38.7. The molecule has 0 aromatic heterocycles. The highest BCUT2D eigenvalue weighted by Gasteiger charge is 2.34. The van der Waals surface area contributed by atoms with Crippen molar-refractivity contribution in [1.82, 2.24) is 5.32 Å². The number of aliphatic hydroxyl groups excluding tert-OH is 1. The Bertz CT molecular complexity index is 1260. The number of carbonyl (C=O) groups is 3. The van der Waals surface area contributed by atoms with Crippen LogP contribution in [0, 0.1) is 25.7 Å². The molecule has 0 fully saturated rings. The molecule has 3 N–H and O–H groups in total. The lowest BCUT2D eigenvalue weighted by Crippen LogP contribution is -2.41. The lowest BCUT2D eigenvalue weighted by atomic mass is 9.83. The van der Waals surface area contributed by atoms with E-state index in [1.165, 1.54) is 16.7 Å². The van der Waals surface area contributed by atoms with Crippen LogP contribution in [0.2, 0.25) is 0 Å². The summed E-state index contributed by atoms with van der Waals surface area (Å²) in [6, 6.07) is 24.7. The Hall–Kier alpha value is -4.17. The second kappa shape index (κ2) is 22.4. The van der Waals surface area contributed by atoms with Gasteiger partial charge in [0, 0.05) is 6.61 Å². The van der Waals surface area contributed by atoms with Crippen molar-refractivity contribution in [2.75, 3.05) is 19.8 Å². The van der Waals surface area contributed by atoms with E-state index in [4.69, 9.17) is 14.6 Å². The molecule has 3 rings (SSSR count). The zero-order valence-corrected chi connectivity index (χ0v) is 27.6. The van der Waals surface area contributed by atoms with Crippen LogP contribution in [0.15, 0.2) is 78.9 Å². The average Bonchev–Trinajstić information content (AvgIpc) is 3.06. The SMILES string of the molecule is CCCCOC(=O)C(CCCCO)C(CCCc1ccc(C)cc1)C(=O)NCC(=O)OCc1ccccc1.Cc1ccc(O)cc1. The fraction of sp³-hybridized carbons (Fsp3) is 0.447. The van der Waals surface area contributed by atoms with Crippen LogP contribution in [0.4, 0.5) is 0 Å². The molecule has 3 aromatic rings. The molecule has 0 bridgehead atoms. The minimum Gasteiger partial charge on any atom is -0.508 e. The second-order valence-electron chi connectivity index (χ2n) is 11.5. The first-order chi connectivity index (χ1) is 22.2. The minimum atomic E-state index is -0.643. The molecule has 0 radical (unpaired) electrons. The topological polar surface area (TPSA) is 122 Å². The maximum Gasteiger partial charge on any atom is 0.325 e. The molecule has 1 amide bonds. The highest BCUT2D eigenvalue weighted by Crippen LogP contribution is 2.26. The molecule has 0 spiro atoms. The second-order valence-corrected chi connectivity index (χ2v) is 11.5. The number of benzene rings is 3. The van der Waals surface area contributed by atoms with Gasteiger partial charge in [0.05, 0.1) is 18.4 Å². The number of phenols is 1. The number of esters is 2. The number of rotatable bonds is 18. The lowest BCUT2D eigenvalue weighted by Gasteiger charge is -2.25. The first kappa shape index (κ1) is 38.0. The van der Waals surface area contributed by atoms with Crippen molar-refractivity contribution >= 4 is 17.8 Å². The number of unbranched alkanes of at least 4 members (excludes halogenated alkanes) is 2. The van der Waals surface area contributed by atoms with Crippen LogP contribution in [0.5, 0.6) is 5.75 Å². The number of aryl methyl sites for hydroxylation is 3. The third-order valence-corrected chi connectivity index (χ3v) is 7.58. The molecule has 46 heavy (non-hydrogen) atoms. The van der Waals surface area contributed by atoms with Crippen molar-refractivity contribution in [3.8, 4) is 5.75 Å². The molecular formula is C38H51NO7. The fourth-order valence-corrected chi connectivity index (χ4v) is 4.80. The number of ether oxygens (including phenoxy) is 2. The van der Waals surface area contributed by atoms with Crippen LogP contribution in [-0.4, -0.2) is 47.8 Å². The molecule has 0 saturated heterocycles. The van der Waals surface area contributed by atoms with Crippen LogP contribution in [0.3, 0.4) is 0 Å². The number of amides is 1. The normalized spacial score (nSPS) is 11.8. The third kappa shape index (κ3) is 15.7. The quantitative estimate of drug-likeness (QED) is 0.106. The molecule has 0 aliphatic carbocycles. The Balaban J connectivity index is 0.000000797. The van der Waals surface area contributed by atoms with E-state index in [1.807, 2.05) is 63.2 Å². The van der Waals surface area contributed by atoms with E-state index in [9.17, 15) is 19.5 Å². The van der Waals surface area contributed by atoms with Crippen molar-refractivity contribution in [1.29, 1.82) is 0 Å². The molecule has 0 aliphatic rings. The molecule has 0 saturated carbocycles. The highest BCUT2D eigenvalue weighted by atomic mass is 16.5. The number of aromatic hydroxyl groups is 1. The summed E-state index contributed by atoms with van der Waals surface area (Å²) >= 11 is 0. The van der Waals surface area contributed by atoms with Crippen molar-refractivity contribution in [3.05, 3.63) is 101 Å². The maximum absolute atomic E-state index is 13.3. The van der Waals surface area contributed by atoms with E-state index < -0.39 is 23.8 Å². The molecule has 2 unspecified atom stereocenters. The number of phenolic OH excluding ortho intramolecular Hbond substituents is 1. The van der Waals surface area contributed by atoms with Gasteiger partial charge in [0.25, 0.3) is 0 Å². The molecule has 8 heteroatoms. The van der Waals surface area contributed by atoms with Gasteiger partial charge in [0.15, 0.2) is 0 Å². The fourth-order valence-electron chi connectivity index (χ4n) is 4.80. The number of carbonyl (C=O) groups excluding carboxylic acids is 3. The van der Waals surface area contributed by atoms with Gasteiger partial charge in [-0.25, -0.2) is 0 Å². The number of hydrogen-bond acceptors (Lipinski definition) is 7. The van der Waals surface area contributed by atoms with Crippen LogP contribution >= 0.6 is 0 Å². The Morgan fingerprint density at radius 1 is 0.739 bits per heavy atom. The molecule has 250 valence electrons. The predicted molar refractivity (Wildman–Crippen MR) is 180 cm³/mol. The summed E-state index contributed by atoms with van der Waals surface area (Å²) in [5.41, 5.74) is 4.38. The smallest absolute Gasteiger partial charge is 0.325 e. The molecule has 8 nitrogen and oxygen atoms in total. The molecular weight excluding hydrogens is 582 g/mol. The van der Waals surface area contributed by atoms with Gasteiger partial charge in [-0.2, -0.15) is 0 Å². The Labute approximate surface area is 274 Å². The van der Waals surface area contributed by atoms with Gasteiger partial charge < -0.3 is 25.0 Å². The van der Waals surface area contributed by atoms with E-state index in [2.05, 4.69) is 29.6 Å². The summed E-state index contributed by atoms with van der Waals surface area (Å²) in [6.07, 6.45) is 5.20. The van der Waals surface area contributed by atoms with Crippen LogP contribution in [-0.2, 0) is 36.9 Å². The van der Waals surface area contributed by atoms with Gasteiger partial charge >= 0.3 is 11.9 Å². The van der Waals surface area contributed by atoms with E-state index in [0.29, 0.717) is 44.5 Å². The Morgan fingerprint density at radius 2 is 1.37 bits per heavy atom. The van der Waals surface area contributed by atoms with E-state index in [1.54, 1.807) is 12.1 Å². The lowest BCUT2D eigenvalue weighted by molar-refractivity contribution is -0.154. The summed E-state index contributed by atoms with van der Waals surface area (Å²) in [6.45, 7) is 6.24. The number of nitrogens with one attached hydrogen (secondary N) is 1. The van der Waals surface area contributed by atoms with Gasteiger partial charge in [-0.05, 0) is 75.6 Å². The van der Waals surface area contributed by atoms with Crippen LogP contribution < -0.4 is 5.32 Å². The molecule has 3 aromatic carbocycles. The van der Waals surface area contributed by atoms with Gasteiger partial charge in [0.2, 0.25) is 5.91 Å². The largest absolute Gasteiger partial charge is 0.508 e. The van der Waals surface area contributed by atoms with Crippen LogP contribution in [0.1, 0.15) is 74.1 Å². The molecule has 0 aliphatic heterocycles. The van der Waals surface area contributed by atoms with E-state index in [-0.39, 0.29) is 25.7 Å². The number of aliphatic hydroxyl groups is 1. The van der Waals surface area contributed by atoms with Gasteiger partial charge in [0.1, 0.15) is 18.9 Å². The zero-order chi connectivity index (χ0) is 33.6. The highest BCUT2D eigenvalue weighted by molar-refractivity contribution is 5.87. The van der Waals surface area contributed by atoms with Crippen molar-refractivity contribution in [3.63, 3.8) is 0 Å². The van der Waals surface area contributed by atoms with Crippen molar-refractivity contribution in [2.45, 2.75) is 78.7 Å². The zero-order valence-electron chi connectivity index (χ0n) is 27.6. The molecule has 0 heterocycles. The number of hydrogen-bond donors (Lipinski definition) is 3. The first-order valence-corrected chi connectivity index (χ1v) is 16.3. The predicted octanol–water partition coefficient (Wildman–Crippen LogP) is 6.62. The average molecular weight is 634 g/mol. The van der Waals surface area contributed by atoms with Crippen molar-refractivity contribution < 1.29 is 34.1 Å². The van der Waals surface area contributed by atoms with Gasteiger partial charge in [-0.15, -0.1) is 0 Å². The standard InChI is InChI=1S/C31H43NO6.C7H8O/c1-3-4-21-37-31(36)28(14-8-9-20-33)27(15-10-13-25-18-16-24(2)17-19-25)30(35)32-22-29(34)38-23-26-11-6-5-7-12-26;1-6-2-4-7(8)5-3-6/h5-7,11-12,16-19,27-28,33H,3-4,8-10,13-15,20-23H2,1-2H3,(H,32,35);2-5,8H,1H3. The third-order valence-electron chi connectivity index (χ3n) is 7.58. The Kier molecular flexibility index (Phi) is 18.5. The summed E-state index contributed by atoms with van der Waals surface area (Å²) in [5.74, 6) is -2.24. The van der Waals surface area contributed by atoms with Crippen LogP contribution in [0.25, 0.3) is 0 Å². The first-order valence-electron chi connectivity index (χ1n) is 16.3. The summed E-state index contributed by atoms with van der Waals surface area (Å²) in [7, 11) is 0. The summed E-state index contributed by atoms with van der Waals surface area (Å²) < 4.78 is 10.8. The van der Waals surface area contributed by atoms with E-state index >= 15 is 0 Å². The Morgan fingerprint density at radius 3 is 1.98 bits per heavy atom. The summed E-state index contributed by atoms with van der Waals surface area (Å²) in [5, 5.41) is 20.7. The van der Waals surface area contributed by atoms with Gasteiger partial charge in [-0.1, -0.05) is 97.6 Å². The minimum absolute atomic E-state index is 0.0230. The van der Waals surface area contributed by atoms with E-state index in [0.717, 1.165) is 24.8 Å². The molecule has 2 atom stereocenters. The van der Waals surface area contributed by atoms with Crippen molar-refractivity contribution in [2.24, 2.45) is 11.8 Å². The maximum atomic E-state index is 13.3. The van der Waals surface area contributed by atoms with Gasteiger partial charge in [-0.3, -0.25) is 14.4 Å². The monoisotopic (exact) mass is 633 g/mol.